The molecule has 142 valence electrons. The summed E-state index contributed by atoms with van der Waals surface area (Å²) in [4.78, 5) is 23.5. The maximum absolute atomic E-state index is 11.8. The number of aromatic hydroxyl groups is 1. The molecule has 7 heteroatoms. The van der Waals surface area contributed by atoms with Crippen molar-refractivity contribution in [3.05, 3.63) is 60.2 Å². The van der Waals surface area contributed by atoms with Crippen molar-refractivity contribution in [2.24, 2.45) is 0 Å². The van der Waals surface area contributed by atoms with Gasteiger partial charge in [0.25, 0.3) is 0 Å². The smallest absolute Gasteiger partial charge is 0.306 e. The molecule has 0 saturated heterocycles. The Morgan fingerprint density at radius 1 is 1.04 bits per heavy atom. The summed E-state index contributed by atoms with van der Waals surface area (Å²) in [7, 11) is 0. The normalized spacial score (nSPS) is 10.1. The van der Waals surface area contributed by atoms with Gasteiger partial charge in [-0.2, -0.15) is 0 Å². The van der Waals surface area contributed by atoms with Gasteiger partial charge in [-0.05, 0) is 42.8 Å². The minimum Gasteiger partial charge on any atom is -0.508 e. The van der Waals surface area contributed by atoms with Crippen LogP contribution >= 0.6 is 12.2 Å². The predicted molar refractivity (Wildman–Crippen MR) is 107 cm³/mol. The number of carbonyl (C=O) groups excluding carboxylic acids is 2. The Bertz CT molecular complexity index is 781. The van der Waals surface area contributed by atoms with Crippen molar-refractivity contribution >= 4 is 34.9 Å². The average molecular weight is 386 g/mol. The molecule has 0 aliphatic heterocycles. The first-order valence-electron chi connectivity index (χ1n) is 8.62. The van der Waals surface area contributed by atoms with E-state index in [1.165, 1.54) is 17.7 Å². The van der Waals surface area contributed by atoms with E-state index in [1.807, 2.05) is 30.3 Å². The highest BCUT2D eigenvalue weighted by Crippen LogP contribution is 2.15. The lowest BCUT2D eigenvalue weighted by atomic mass is 10.1. The molecule has 1 amide bonds. The molecule has 0 atom stereocenters. The Hall–Kier alpha value is -2.93. The molecule has 3 N–H and O–H groups in total. The topological polar surface area (TPSA) is 87.7 Å². The van der Waals surface area contributed by atoms with Crippen LogP contribution in [0.1, 0.15) is 24.8 Å². The second-order valence-corrected chi connectivity index (χ2v) is 6.27. The molecular formula is C20H22N2O4S. The molecule has 27 heavy (non-hydrogen) atoms. The van der Waals surface area contributed by atoms with Crippen LogP contribution in [0.25, 0.3) is 0 Å². The summed E-state index contributed by atoms with van der Waals surface area (Å²) >= 11 is 5.03. The van der Waals surface area contributed by atoms with Crippen molar-refractivity contribution in [1.82, 2.24) is 5.32 Å². The highest BCUT2D eigenvalue weighted by Gasteiger charge is 2.10. The Balaban J connectivity index is 1.58. The van der Waals surface area contributed by atoms with Crippen LogP contribution in [-0.4, -0.2) is 28.7 Å². The van der Waals surface area contributed by atoms with E-state index in [-0.39, 0.29) is 29.6 Å². The van der Waals surface area contributed by atoms with Crippen LogP contribution in [0.5, 0.6) is 5.75 Å². The summed E-state index contributed by atoms with van der Waals surface area (Å²) in [6, 6.07) is 16.3. The SMILES string of the molecule is O=C(CCC(=O)OCCCc1ccccc1)NC(=S)Nc1cccc(O)c1. The van der Waals surface area contributed by atoms with Crippen LogP contribution in [0.4, 0.5) is 5.69 Å². The number of hydrogen-bond donors (Lipinski definition) is 3. The highest BCUT2D eigenvalue weighted by molar-refractivity contribution is 7.80. The molecule has 0 aliphatic carbocycles. The zero-order chi connectivity index (χ0) is 19.5. The monoisotopic (exact) mass is 386 g/mol. The van der Waals surface area contributed by atoms with Crippen LogP contribution in [0.3, 0.4) is 0 Å². The molecule has 0 saturated carbocycles. The Labute approximate surface area is 163 Å². The third-order valence-electron chi connectivity index (χ3n) is 3.63. The number of hydrogen-bond acceptors (Lipinski definition) is 5. The van der Waals surface area contributed by atoms with Gasteiger partial charge in [-0.3, -0.25) is 9.59 Å². The Kier molecular flexibility index (Phi) is 8.25. The van der Waals surface area contributed by atoms with E-state index in [4.69, 9.17) is 17.0 Å². The number of carbonyl (C=O) groups is 2. The van der Waals surface area contributed by atoms with Crippen molar-refractivity contribution in [2.45, 2.75) is 25.7 Å². The van der Waals surface area contributed by atoms with Gasteiger partial charge in [-0.15, -0.1) is 0 Å². The summed E-state index contributed by atoms with van der Waals surface area (Å²) in [6.45, 7) is 0.326. The first-order valence-corrected chi connectivity index (χ1v) is 9.03. The number of aryl methyl sites for hydroxylation is 1. The van der Waals surface area contributed by atoms with Crippen molar-refractivity contribution in [1.29, 1.82) is 0 Å². The van der Waals surface area contributed by atoms with Crippen molar-refractivity contribution < 1.29 is 19.4 Å². The molecule has 6 nitrogen and oxygen atoms in total. The fourth-order valence-electron chi connectivity index (χ4n) is 2.33. The summed E-state index contributed by atoms with van der Waals surface area (Å²) in [5.41, 5.74) is 1.75. The molecule has 0 radical (unpaired) electrons. The number of benzene rings is 2. The van der Waals surface area contributed by atoms with Gasteiger partial charge in [0.2, 0.25) is 5.91 Å². The zero-order valence-corrected chi connectivity index (χ0v) is 15.6. The van der Waals surface area contributed by atoms with E-state index in [0.717, 1.165) is 12.8 Å². The lowest BCUT2D eigenvalue weighted by Crippen LogP contribution is -2.34. The van der Waals surface area contributed by atoms with Crippen molar-refractivity contribution in [3.63, 3.8) is 0 Å². The summed E-state index contributed by atoms with van der Waals surface area (Å²) in [5.74, 6) is -0.705. The number of amides is 1. The van der Waals surface area contributed by atoms with Gasteiger partial charge in [0.15, 0.2) is 5.11 Å². The van der Waals surface area contributed by atoms with Crippen molar-refractivity contribution in [2.75, 3.05) is 11.9 Å². The molecule has 0 unspecified atom stereocenters. The lowest BCUT2D eigenvalue weighted by molar-refractivity contribution is -0.145. The second kappa shape index (κ2) is 10.9. The van der Waals surface area contributed by atoms with E-state index < -0.39 is 5.97 Å². The second-order valence-electron chi connectivity index (χ2n) is 5.86. The van der Waals surface area contributed by atoms with Crippen LogP contribution in [0, 0.1) is 0 Å². The Morgan fingerprint density at radius 2 is 1.81 bits per heavy atom. The molecule has 0 aliphatic rings. The first-order chi connectivity index (χ1) is 13.0. The summed E-state index contributed by atoms with van der Waals surface area (Å²) in [5, 5.41) is 14.7. The van der Waals surface area contributed by atoms with Gasteiger partial charge in [-0.1, -0.05) is 36.4 Å². The zero-order valence-electron chi connectivity index (χ0n) is 14.8. The molecule has 2 rings (SSSR count). The molecular weight excluding hydrogens is 364 g/mol. The average Bonchev–Trinajstić information content (AvgIpc) is 2.64. The van der Waals surface area contributed by atoms with Gasteiger partial charge in [0.1, 0.15) is 5.75 Å². The van der Waals surface area contributed by atoms with E-state index in [9.17, 15) is 14.7 Å². The van der Waals surface area contributed by atoms with Crippen LogP contribution in [0.2, 0.25) is 0 Å². The van der Waals surface area contributed by atoms with Crippen LogP contribution in [-0.2, 0) is 20.7 Å². The van der Waals surface area contributed by atoms with Gasteiger partial charge >= 0.3 is 5.97 Å². The van der Waals surface area contributed by atoms with E-state index in [2.05, 4.69) is 10.6 Å². The number of rotatable bonds is 8. The summed E-state index contributed by atoms with van der Waals surface area (Å²) < 4.78 is 5.13. The quantitative estimate of drug-likeness (QED) is 0.367. The number of phenolic OH excluding ortho intramolecular Hbond substituents is 1. The fraction of sp³-hybridized carbons (Fsp3) is 0.250. The number of nitrogens with one attached hydrogen (secondary N) is 2. The number of phenols is 1. The minimum absolute atomic E-state index is 0.00803. The molecule has 2 aromatic rings. The van der Waals surface area contributed by atoms with Crippen molar-refractivity contribution in [3.8, 4) is 5.75 Å². The fourth-order valence-corrected chi connectivity index (χ4v) is 2.56. The maximum Gasteiger partial charge on any atom is 0.306 e. The number of thiocarbonyl (C=S) groups is 1. The van der Waals surface area contributed by atoms with Crippen LogP contribution in [0.15, 0.2) is 54.6 Å². The molecule has 0 bridgehead atoms. The standard InChI is InChI=1S/C20H22N2O4S/c23-17-10-4-9-16(14-17)21-20(27)22-18(24)11-12-19(25)26-13-5-8-15-6-2-1-3-7-15/h1-4,6-7,9-10,14,23H,5,8,11-13H2,(H2,21,22,24,27). The summed E-state index contributed by atoms with van der Waals surface area (Å²) in [6.07, 6.45) is 1.55. The highest BCUT2D eigenvalue weighted by atomic mass is 32.1. The van der Waals surface area contributed by atoms with E-state index in [0.29, 0.717) is 12.3 Å². The first kappa shape index (κ1) is 20.4. The van der Waals surface area contributed by atoms with Gasteiger partial charge < -0.3 is 20.5 Å². The maximum atomic E-state index is 11.8. The van der Waals surface area contributed by atoms with E-state index in [1.54, 1.807) is 12.1 Å². The lowest BCUT2D eigenvalue weighted by Gasteiger charge is -2.10. The number of ether oxygens (including phenoxy) is 1. The molecule has 2 aromatic carbocycles. The number of esters is 1. The molecule has 0 fully saturated rings. The third kappa shape index (κ3) is 8.33. The molecule has 0 heterocycles. The Morgan fingerprint density at radius 3 is 2.56 bits per heavy atom. The van der Waals surface area contributed by atoms with E-state index >= 15 is 0 Å². The van der Waals surface area contributed by atoms with Crippen LogP contribution < -0.4 is 10.6 Å². The molecule has 0 aromatic heterocycles. The van der Waals surface area contributed by atoms with Gasteiger partial charge in [0.05, 0.1) is 13.0 Å². The minimum atomic E-state index is -0.412. The molecule has 0 spiro atoms. The van der Waals surface area contributed by atoms with Gasteiger partial charge in [-0.25, -0.2) is 0 Å². The van der Waals surface area contributed by atoms with Gasteiger partial charge in [0, 0.05) is 18.2 Å². The third-order valence-corrected chi connectivity index (χ3v) is 3.83. The largest absolute Gasteiger partial charge is 0.508 e. The predicted octanol–water partition coefficient (Wildman–Crippen LogP) is 3.16. The number of anilines is 1.